The maximum atomic E-state index is 13.0. The largest absolute Gasteiger partial charge is 0.481 e. The van der Waals surface area contributed by atoms with E-state index in [1.807, 2.05) is 0 Å². The van der Waals surface area contributed by atoms with Crippen molar-refractivity contribution in [3.63, 3.8) is 0 Å². The van der Waals surface area contributed by atoms with Crippen molar-refractivity contribution in [1.29, 1.82) is 0 Å². The van der Waals surface area contributed by atoms with Crippen molar-refractivity contribution in [2.45, 2.75) is 32.3 Å². The summed E-state index contributed by atoms with van der Waals surface area (Å²) in [5, 5.41) is 9.38. The fourth-order valence-corrected chi connectivity index (χ4v) is 2.58. The molecule has 2 atom stereocenters. The number of hydrogen-bond donors (Lipinski definition) is 1. The molecule has 0 aliphatic carbocycles. The smallest absolute Gasteiger partial charge is 0.410 e. The highest BCUT2D eigenvalue weighted by molar-refractivity contribution is 5.75. The highest BCUT2D eigenvalue weighted by atomic mass is 19.1. The highest BCUT2D eigenvalue weighted by Crippen LogP contribution is 2.33. The summed E-state index contributed by atoms with van der Waals surface area (Å²) in [6.45, 7) is 5.61. The molecule has 1 aromatic carbocycles. The van der Waals surface area contributed by atoms with Gasteiger partial charge in [0.1, 0.15) is 11.4 Å². The molecule has 0 saturated carbocycles. The molecule has 1 saturated heterocycles. The van der Waals surface area contributed by atoms with E-state index in [9.17, 15) is 19.1 Å². The van der Waals surface area contributed by atoms with Crippen LogP contribution in [0.5, 0.6) is 0 Å². The van der Waals surface area contributed by atoms with Gasteiger partial charge in [0.15, 0.2) is 0 Å². The zero-order valence-electron chi connectivity index (χ0n) is 12.9. The normalized spacial score (nSPS) is 21.7. The van der Waals surface area contributed by atoms with E-state index in [0.29, 0.717) is 5.56 Å². The van der Waals surface area contributed by atoms with E-state index in [2.05, 4.69) is 0 Å². The van der Waals surface area contributed by atoms with Crippen LogP contribution in [-0.2, 0) is 9.53 Å². The third-order valence-corrected chi connectivity index (χ3v) is 3.59. The number of halogens is 1. The first-order valence-corrected chi connectivity index (χ1v) is 7.13. The van der Waals surface area contributed by atoms with Crippen LogP contribution < -0.4 is 0 Å². The van der Waals surface area contributed by atoms with Crippen LogP contribution in [0, 0.1) is 11.7 Å². The van der Waals surface area contributed by atoms with E-state index < -0.39 is 23.6 Å². The van der Waals surface area contributed by atoms with Crippen molar-refractivity contribution in [3.05, 3.63) is 35.6 Å². The van der Waals surface area contributed by atoms with Gasteiger partial charge in [0.2, 0.25) is 0 Å². The van der Waals surface area contributed by atoms with Gasteiger partial charge in [-0.3, -0.25) is 4.79 Å². The number of carboxylic acid groups (broad SMARTS) is 1. The van der Waals surface area contributed by atoms with Gasteiger partial charge < -0.3 is 14.7 Å². The van der Waals surface area contributed by atoms with Crippen molar-refractivity contribution in [2.24, 2.45) is 5.92 Å². The summed E-state index contributed by atoms with van der Waals surface area (Å²) in [4.78, 5) is 25.0. The fourth-order valence-electron chi connectivity index (χ4n) is 2.58. The van der Waals surface area contributed by atoms with Gasteiger partial charge in [-0.05, 0) is 38.5 Å². The molecule has 2 rings (SSSR count). The van der Waals surface area contributed by atoms with Crippen LogP contribution in [0.1, 0.15) is 32.3 Å². The molecule has 5 nitrogen and oxygen atoms in total. The summed E-state index contributed by atoms with van der Waals surface area (Å²) in [6.07, 6.45) is -0.525. The standard InChI is InChI=1S/C16H20FNO4/c1-16(2,3)22-15(21)18-8-12(13(9-18)14(19)20)10-4-6-11(17)7-5-10/h4-7,12-13H,8-9H2,1-3H3,(H,19,20)/t12-,13+/m0/s1. The Kier molecular flexibility index (Phi) is 4.39. The maximum Gasteiger partial charge on any atom is 0.410 e. The average Bonchev–Trinajstić information content (AvgIpc) is 2.83. The Labute approximate surface area is 128 Å². The van der Waals surface area contributed by atoms with Gasteiger partial charge in [-0.25, -0.2) is 9.18 Å². The molecule has 22 heavy (non-hydrogen) atoms. The van der Waals surface area contributed by atoms with Crippen molar-refractivity contribution in [2.75, 3.05) is 13.1 Å². The lowest BCUT2D eigenvalue weighted by Crippen LogP contribution is -2.35. The van der Waals surface area contributed by atoms with E-state index in [1.165, 1.54) is 17.0 Å². The number of carbonyl (C=O) groups is 2. The number of carbonyl (C=O) groups excluding carboxylic acids is 1. The lowest BCUT2D eigenvalue weighted by molar-refractivity contribution is -0.141. The summed E-state index contributed by atoms with van der Waals surface area (Å²) in [5.74, 6) is -2.44. The molecule has 6 heteroatoms. The molecule has 120 valence electrons. The number of carboxylic acids is 1. The minimum absolute atomic E-state index is 0.0896. The topological polar surface area (TPSA) is 66.8 Å². The lowest BCUT2D eigenvalue weighted by atomic mass is 9.89. The fraction of sp³-hybridized carbons (Fsp3) is 0.500. The van der Waals surface area contributed by atoms with Crippen LogP contribution in [0.25, 0.3) is 0 Å². The Balaban J connectivity index is 2.18. The van der Waals surface area contributed by atoms with Gasteiger partial charge in [0.25, 0.3) is 0 Å². The van der Waals surface area contributed by atoms with E-state index in [0.717, 1.165) is 0 Å². The molecule has 0 bridgehead atoms. The van der Waals surface area contributed by atoms with Gasteiger partial charge >= 0.3 is 12.1 Å². The number of aliphatic carboxylic acids is 1. The van der Waals surface area contributed by atoms with E-state index in [-0.39, 0.29) is 24.8 Å². The zero-order chi connectivity index (χ0) is 16.5. The summed E-state index contributed by atoms with van der Waals surface area (Å²) in [7, 11) is 0. The van der Waals surface area contributed by atoms with Crippen molar-refractivity contribution < 1.29 is 23.8 Å². The van der Waals surface area contributed by atoms with Crippen LogP contribution in [0.15, 0.2) is 24.3 Å². The molecule has 0 radical (unpaired) electrons. The predicted octanol–water partition coefficient (Wildman–Crippen LogP) is 2.86. The van der Waals surface area contributed by atoms with Crippen molar-refractivity contribution in [3.8, 4) is 0 Å². The molecule has 1 aliphatic rings. The third kappa shape index (κ3) is 3.75. The Morgan fingerprint density at radius 3 is 2.32 bits per heavy atom. The monoisotopic (exact) mass is 309 g/mol. The third-order valence-electron chi connectivity index (χ3n) is 3.59. The number of ether oxygens (including phenoxy) is 1. The molecule has 1 fully saturated rings. The number of nitrogens with zero attached hydrogens (tertiary/aromatic N) is 1. The second-order valence-corrected chi connectivity index (χ2v) is 6.49. The minimum atomic E-state index is -0.972. The Morgan fingerprint density at radius 1 is 1.23 bits per heavy atom. The number of amides is 1. The quantitative estimate of drug-likeness (QED) is 0.912. The number of hydrogen-bond acceptors (Lipinski definition) is 3. The second-order valence-electron chi connectivity index (χ2n) is 6.49. The SMILES string of the molecule is CC(C)(C)OC(=O)N1C[C@@H](C(=O)O)[C@H](c2ccc(F)cc2)C1. The zero-order valence-corrected chi connectivity index (χ0v) is 12.9. The van der Waals surface area contributed by atoms with Gasteiger partial charge in [0.05, 0.1) is 5.92 Å². The second kappa shape index (κ2) is 5.94. The molecule has 1 aromatic rings. The molecule has 0 aromatic heterocycles. The molecule has 0 spiro atoms. The maximum absolute atomic E-state index is 13.0. The summed E-state index contributed by atoms with van der Waals surface area (Å²) < 4.78 is 18.3. The Bertz CT molecular complexity index is 565. The van der Waals surface area contributed by atoms with E-state index in [4.69, 9.17) is 4.74 Å². The molecule has 1 N–H and O–H groups in total. The predicted molar refractivity (Wildman–Crippen MR) is 78.1 cm³/mol. The van der Waals surface area contributed by atoms with Gasteiger partial charge in [-0.2, -0.15) is 0 Å². The van der Waals surface area contributed by atoms with Crippen LogP contribution in [-0.4, -0.2) is 40.8 Å². The number of benzene rings is 1. The first-order valence-electron chi connectivity index (χ1n) is 7.13. The molecule has 1 heterocycles. The summed E-state index contributed by atoms with van der Waals surface area (Å²) in [6, 6.07) is 5.72. The average molecular weight is 309 g/mol. The summed E-state index contributed by atoms with van der Waals surface area (Å²) in [5.41, 5.74) is 0.0730. The molecule has 0 unspecified atom stereocenters. The van der Waals surface area contributed by atoms with Gasteiger partial charge in [-0.1, -0.05) is 12.1 Å². The molecular weight excluding hydrogens is 289 g/mol. The van der Waals surface area contributed by atoms with Crippen LogP contribution in [0.3, 0.4) is 0 Å². The first-order chi connectivity index (χ1) is 10.2. The molecule has 1 aliphatic heterocycles. The van der Waals surface area contributed by atoms with Crippen LogP contribution in [0.4, 0.5) is 9.18 Å². The Hall–Kier alpha value is -2.11. The van der Waals surface area contributed by atoms with Gasteiger partial charge in [0, 0.05) is 19.0 Å². The number of rotatable bonds is 2. The number of likely N-dealkylation sites (tertiary alicyclic amines) is 1. The van der Waals surface area contributed by atoms with Crippen LogP contribution in [0.2, 0.25) is 0 Å². The molecule has 1 amide bonds. The van der Waals surface area contributed by atoms with E-state index in [1.54, 1.807) is 32.9 Å². The van der Waals surface area contributed by atoms with E-state index >= 15 is 0 Å². The Morgan fingerprint density at radius 2 is 1.82 bits per heavy atom. The minimum Gasteiger partial charge on any atom is -0.481 e. The molecular formula is C16H20FNO4. The highest BCUT2D eigenvalue weighted by Gasteiger charge is 2.41. The summed E-state index contributed by atoms with van der Waals surface area (Å²) >= 11 is 0. The van der Waals surface area contributed by atoms with Crippen molar-refractivity contribution >= 4 is 12.1 Å². The van der Waals surface area contributed by atoms with Gasteiger partial charge in [-0.15, -0.1) is 0 Å². The lowest BCUT2D eigenvalue weighted by Gasteiger charge is -2.24. The van der Waals surface area contributed by atoms with Crippen LogP contribution >= 0.6 is 0 Å². The first kappa shape index (κ1) is 16.3. The van der Waals surface area contributed by atoms with Crippen molar-refractivity contribution in [1.82, 2.24) is 4.90 Å².